The van der Waals surface area contributed by atoms with Gasteiger partial charge in [0.05, 0.1) is 0 Å². The van der Waals surface area contributed by atoms with E-state index in [-0.39, 0.29) is 18.2 Å². The molecule has 1 aliphatic rings. The Labute approximate surface area is 169 Å². The first-order valence-electron chi connectivity index (χ1n) is 9.60. The molecular formula is C21H27N3O5. The van der Waals surface area contributed by atoms with E-state index in [2.05, 4.69) is 0 Å². The fourth-order valence-electron chi connectivity index (χ4n) is 3.39. The standard InChI is InChI=1S/C21H27N3O5/c1-14-5-6-16(11-15(14)2)29-13-21(28)7-9-24(10-8-21)19(26)17-12-18(25)23(4)20(27)22(17)3/h5-6,11-12,28H,7-10,13H2,1-4H3. The third-order valence-corrected chi connectivity index (χ3v) is 5.71. The Morgan fingerprint density at radius 2 is 1.72 bits per heavy atom. The monoisotopic (exact) mass is 401 g/mol. The molecule has 2 aromatic rings. The maximum atomic E-state index is 12.8. The Bertz CT molecular complexity index is 1050. The van der Waals surface area contributed by atoms with Gasteiger partial charge < -0.3 is 14.7 Å². The molecule has 2 heterocycles. The van der Waals surface area contributed by atoms with Gasteiger partial charge in [0.15, 0.2) is 0 Å². The maximum Gasteiger partial charge on any atom is 0.331 e. The fourth-order valence-corrected chi connectivity index (χ4v) is 3.39. The summed E-state index contributed by atoms with van der Waals surface area (Å²) in [7, 11) is 2.84. The number of rotatable bonds is 4. The van der Waals surface area contributed by atoms with Crippen LogP contribution in [-0.4, -0.2) is 50.3 Å². The van der Waals surface area contributed by atoms with Gasteiger partial charge in [-0.25, -0.2) is 4.79 Å². The molecule has 3 rings (SSSR count). The van der Waals surface area contributed by atoms with Crippen molar-refractivity contribution in [2.75, 3.05) is 19.7 Å². The molecule has 1 fully saturated rings. The van der Waals surface area contributed by atoms with Crippen LogP contribution in [0.5, 0.6) is 5.75 Å². The topological polar surface area (TPSA) is 93.8 Å². The second-order valence-electron chi connectivity index (χ2n) is 7.82. The van der Waals surface area contributed by atoms with Gasteiger partial charge in [0.25, 0.3) is 11.5 Å². The largest absolute Gasteiger partial charge is 0.491 e. The smallest absolute Gasteiger partial charge is 0.331 e. The lowest BCUT2D eigenvalue weighted by Gasteiger charge is -2.38. The van der Waals surface area contributed by atoms with E-state index < -0.39 is 16.9 Å². The van der Waals surface area contributed by atoms with Crippen molar-refractivity contribution in [1.82, 2.24) is 14.0 Å². The Hall–Kier alpha value is -2.87. The zero-order valence-corrected chi connectivity index (χ0v) is 17.3. The number of ether oxygens (including phenoxy) is 1. The van der Waals surface area contributed by atoms with Gasteiger partial charge in [-0.15, -0.1) is 0 Å². The summed E-state index contributed by atoms with van der Waals surface area (Å²) in [6.07, 6.45) is 0.699. The van der Waals surface area contributed by atoms with Crippen LogP contribution in [-0.2, 0) is 14.1 Å². The van der Waals surface area contributed by atoms with Crippen molar-refractivity contribution >= 4 is 5.91 Å². The van der Waals surface area contributed by atoms with Gasteiger partial charge in [-0.2, -0.15) is 0 Å². The zero-order chi connectivity index (χ0) is 21.3. The van der Waals surface area contributed by atoms with E-state index >= 15 is 0 Å². The summed E-state index contributed by atoms with van der Waals surface area (Å²) in [5.74, 6) is 0.314. The lowest BCUT2D eigenvalue weighted by Crippen LogP contribution is -2.50. The van der Waals surface area contributed by atoms with Crippen LogP contribution in [0.2, 0.25) is 0 Å². The second kappa shape index (κ2) is 7.87. The van der Waals surface area contributed by atoms with Crippen LogP contribution in [0.25, 0.3) is 0 Å². The number of amides is 1. The van der Waals surface area contributed by atoms with E-state index in [0.717, 1.165) is 10.1 Å². The fraction of sp³-hybridized carbons (Fsp3) is 0.476. The highest BCUT2D eigenvalue weighted by atomic mass is 16.5. The minimum atomic E-state index is -1.03. The number of hydrogen-bond donors (Lipinski definition) is 1. The lowest BCUT2D eigenvalue weighted by molar-refractivity contribution is -0.0477. The van der Waals surface area contributed by atoms with Crippen LogP contribution in [0.3, 0.4) is 0 Å². The number of carbonyl (C=O) groups is 1. The number of nitrogens with zero attached hydrogens (tertiary/aromatic N) is 3. The highest BCUT2D eigenvalue weighted by molar-refractivity contribution is 5.92. The summed E-state index contributed by atoms with van der Waals surface area (Å²) in [5, 5.41) is 10.8. The number of benzene rings is 1. The molecule has 0 spiro atoms. The first-order chi connectivity index (χ1) is 13.6. The van der Waals surface area contributed by atoms with Gasteiger partial charge in [-0.1, -0.05) is 6.07 Å². The molecule has 0 saturated carbocycles. The Morgan fingerprint density at radius 3 is 2.34 bits per heavy atom. The van der Waals surface area contributed by atoms with Crippen molar-refractivity contribution in [3.63, 3.8) is 0 Å². The third kappa shape index (κ3) is 4.27. The number of carbonyl (C=O) groups excluding carboxylic acids is 1. The number of aliphatic hydroxyl groups is 1. The zero-order valence-electron chi connectivity index (χ0n) is 17.3. The van der Waals surface area contributed by atoms with Crippen molar-refractivity contribution in [2.24, 2.45) is 14.1 Å². The Morgan fingerprint density at radius 1 is 1.07 bits per heavy atom. The summed E-state index contributed by atoms with van der Waals surface area (Å²) < 4.78 is 7.91. The van der Waals surface area contributed by atoms with Crippen LogP contribution in [0.15, 0.2) is 33.9 Å². The van der Waals surface area contributed by atoms with Crippen LogP contribution in [0, 0.1) is 13.8 Å². The van der Waals surface area contributed by atoms with Gasteiger partial charge in [0, 0.05) is 33.3 Å². The molecule has 29 heavy (non-hydrogen) atoms. The Balaban J connectivity index is 1.65. The number of hydrogen-bond acceptors (Lipinski definition) is 5. The lowest BCUT2D eigenvalue weighted by atomic mass is 9.92. The summed E-state index contributed by atoms with van der Waals surface area (Å²) in [6, 6.07) is 6.96. The van der Waals surface area contributed by atoms with Crippen molar-refractivity contribution in [3.8, 4) is 5.75 Å². The average Bonchev–Trinajstić information content (AvgIpc) is 2.70. The summed E-state index contributed by atoms with van der Waals surface area (Å²) in [6.45, 7) is 4.80. The minimum absolute atomic E-state index is 0.0509. The van der Waals surface area contributed by atoms with Crippen LogP contribution in [0.1, 0.15) is 34.5 Å². The normalized spacial score (nSPS) is 16.0. The van der Waals surface area contributed by atoms with Crippen molar-refractivity contribution < 1.29 is 14.6 Å². The first kappa shape index (κ1) is 20.9. The molecule has 0 bridgehead atoms. The molecule has 8 nitrogen and oxygen atoms in total. The molecule has 1 saturated heterocycles. The van der Waals surface area contributed by atoms with Crippen LogP contribution >= 0.6 is 0 Å². The number of aryl methyl sites for hydroxylation is 2. The minimum Gasteiger partial charge on any atom is -0.491 e. The van der Waals surface area contributed by atoms with E-state index in [1.54, 1.807) is 4.90 Å². The van der Waals surface area contributed by atoms with E-state index in [1.807, 2.05) is 32.0 Å². The molecule has 0 aliphatic carbocycles. The maximum absolute atomic E-state index is 12.8. The number of piperidine rings is 1. The van der Waals surface area contributed by atoms with Gasteiger partial charge in [0.2, 0.25) is 0 Å². The molecule has 0 radical (unpaired) electrons. The molecule has 1 aromatic heterocycles. The quantitative estimate of drug-likeness (QED) is 0.816. The molecule has 0 atom stereocenters. The third-order valence-electron chi connectivity index (χ3n) is 5.71. The molecule has 1 amide bonds. The molecule has 156 valence electrons. The second-order valence-corrected chi connectivity index (χ2v) is 7.82. The summed E-state index contributed by atoms with van der Waals surface area (Å²) >= 11 is 0. The predicted octanol–water partition coefficient (Wildman–Crippen LogP) is 0.747. The molecule has 1 aliphatic heterocycles. The highest BCUT2D eigenvalue weighted by Gasteiger charge is 2.35. The molecule has 8 heteroatoms. The van der Waals surface area contributed by atoms with E-state index in [9.17, 15) is 19.5 Å². The SMILES string of the molecule is Cc1ccc(OCC2(O)CCN(C(=O)c3cc(=O)n(C)c(=O)n3C)CC2)cc1C. The molecule has 1 aromatic carbocycles. The van der Waals surface area contributed by atoms with E-state index in [4.69, 9.17) is 4.74 Å². The summed E-state index contributed by atoms with van der Waals surface area (Å²) in [4.78, 5) is 38.3. The summed E-state index contributed by atoms with van der Waals surface area (Å²) in [5.41, 5.74) is 0.245. The van der Waals surface area contributed by atoms with Crippen molar-refractivity contribution in [3.05, 3.63) is 61.9 Å². The first-order valence-corrected chi connectivity index (χ1v) is 9.60. The van der Waals surface area contributed by atoms with Crippen molar-refractivity contribution in [1.29, 1.82) is 0 Å². The van der Waals surface area contributed by atoms with E-state index in [0.29, 0.717) is 31.7 Å². The van der Waals surface area contributed by atoms with Gasteiger partial charge in [-0.3, -0.25) is 18.7 Å². The van der Waals surface area contributed by atoms with Crippen molar-refractivity contribution in [2.45, 2.75) is 32.3 Å². The number of likely N-dealkylation sites (tertiary alicyclic amines) is 1. The molecule has 0 unspecified atom stereocenters. The predicted molar refractivity (Wildman–Crippen MR) is 108 cm³/mol. The van der Waals surface area contributed by atoms with Gasteiger partial charge >= 0.3 is 5.69 Å². The molecule has 1 N–H and O–H groups in total. The van der Waals surface area contributed by atoms with Crippen LogP contribution < -0.4 is 16.0 Å². The Kier molecular flexibility index (Phi) is 5.66. The van der Waals surface area contributed by atoms with E-state index in [1.165, 1.54) is 30.3 Å². The molecular weight excluding hydrogens is 374 g/mol. The van der Waals surface area contributed by atoms with Gasteiger partial charge in [0.1, 0.15) is 23.7 Å². The van der Waals surface area contributed by atoms with Gasteiger partial charge in [-0.05, 0) is 49.9 Å². The number of aromatic nitrogens is 2. The highest BCUT2D eigenvalue weighted by Crippen LogP contribution is 2.25. The average molecular weight is 401 g/mol. The van der Waals surface area contributed by atoms with Crippen LogP contribution in [0.4, 0.5) is 0 Å².